The number of hydrogen-bond donors (Lipinski definition) is 3. The summed E-state index contributed by atoms with van der Waals surface area (Å²) in [5.74, 6) is -1.01. The number of rotatable bonds is 8. The van der Waals surface area contributed by atoms with Gasteiger partial charge in [-0.1, -0.05) is 40.5 Å². The molecule has 4 aliphatic rings. The third-order valence-electron chi connectivity index (χ3n) is 9.28. The second-order valence-corrected chi connectivity index (χ2v) is 12.3. The number of ether oxygens (including phenoxy) is 1. The Morgan fingerprint density at radius 2 is 1.84 bits per heavy atom. The van der Waals surface area contributed by atoms with Gasteiger partial charge in [-0.25, -0.2) is 0 Å². The molecular weight excluding hydrogens is 550 g/mol. The first kappa shape index (κ1) is 32.3. The van der Waals surface area contributed by atoms with E-state index in [9.17, 15) is 24.3 Å². The van der Waals surface area contributed by atoms with Crippen LogP contribution in [0.2, 0.25) is 0 Å². The van der Waals surface area contributed by atoms with Crippen molar-refractivity contribution < 1.29 is 29.0 Å². The number of aromatic hydroxyl groups is 1. The second kappa shape index (κ2) is 13.8. The maximum Gasteiger partial charge on any atom is 0.249 e. The summed E-state index contributed by atoms with van der Waals surface area (Å²) in [6.45, 7) is 8.59. The lowest BCUT2D eigenvalue weighted by Crippen LogP contribution is -2.61. The summed E-state index contributed by atoms with van der Waals surface area (Å²) in [5, 5.41) is 16.4. The van der Waals surface area contributed by atoms with E-state index in [1.54, 1.807) is 23.1 Å². The number of fused-ring (bicyclic) bond motifs is 4. The van der Waals surface area contributed by atoms with Gasteiger partial charge in [0.25, 0.3) is 0 Å². The van der Waals surface area contributed by atoms with Crippen molar-refractivity contribution in [3.05, 3.63) is 30.0 Å². The number of carbonyl (C=O) groups is 4. The topological polar surface area (TPSA) is 132 Å². The van der Waals surface area contributed by atoms with Crippen molar-refractivity contribution >= 4 is 29.7 Å². The molecule has 236 valence electrons. The number of phenols is 1. The molecule has 5 rings (SSSR count). The van der Waals surface area contributed by atoms with Gasteiger partial charge in [0.05, 0.1) is 6.04 Å². The van der Waals surface area contributed by atoms with Gasteiger partial charge in [0.15, 0.2) is 0 Å². The number of amides is 4. The third-order valence-corrected chi connectivity index (χ3v) is 9.28. The van der Waals surface area contributed by atoms with Gasteiger partial charge in [0.2, 0.25) is 23.6 Å². The zero-order valence-electron chi connectivity index (χ0n) is 26.2. The SMILES string of the molecule is CCC(C)C(NC(=O)C(C(C)CC)N(C)C)C(=O)N1CCC2Oc3ccc(c(O)c3)C=CNC(=O)C3CCCN3C(=O)C21. The molecule has 1 aromatic carbocycles. The molecule has 2 saturated heterocycles. The Balaban J connectivity index is 1.69. The van der Waals surface area contributed by atoms with Crippen LogP contribution in [0.5, 0.6) is 11.5 Å². The van der Waals surface area contributed by atoms with Crippen molar-refractivity contribution in [2.75, 3.05) is 27.2 Å². The predicted octanol–water partition coefficient (Wildman–Crippen LogP) is 2.34. The molecule has 1 aromatic rings. The van der Waals surface area contributed by atoms with Crippen LogP contribution in [0.25, 0.3) is 6.08 Å². The molecule has 0 spiro atoms. The Bertz CT molecular complexity index is 1230. The Labute approximate surface area is 254 Å². The molecule has 0 saturated carbocycles. The molecule has 0 aromatic heterocycles. The fraction of sp³-hybridized carbons (Fsp3) is 0.625. The van der Waals surface area contributed by atoms with Gasteiger partial charge in [-0.3, -0.25) is 24.1 Å². The lowest BCUT2D eigenvalue weighted by molar-refractivity contribution is -0.150. The molecule has 4 heterocycles. The zero-order chi connectivity index (χ0) is 31.4. The Kier molecular flexibility index (Phi) is 10.4. The Morgan fingerprint density at radius 3 is 2.49 bits per heavy atom. The summed E-state index contributed by atoms with van der Waals surface area (Å²) in [4.78, 5) is 60.3. The number of nitrogens with zero attached hydrogens (tertiary/aromatic N) is 3. The average molecular weight is 598 g/mol. The first-order valence-electron chi connectivity index (χ1n) is 15.5. The summed E-state index contributed by atoms with van der Waals surface area (Å²) in [5.41, 5.74) is 0.504. The van der Waals surface area contributed by atoms with Gasteiger partial charge in [0.1, 0.15) is 35.7 Å². The van der Waals surface area contributed by atoms with Crippen molar-refractivity contribution in [2.24, 2.45) is 11.8 Å². The first-order chi connectivity index (χ1) is 20.5. The summed E-state index contributed by atoms with van der Waals surface area (Å²) in [7, 11) is 3.71. The minimum absolute atomic E-state index is 0.0346. The number of benzene rings is 1. The number of likely N-dealkylation sites (tertiary alicyclic amines) is 1. The van der Waals surface area contributed by atoms with E-state index < -0.39 is 30.3 Å². The number of likely N-dealkylation sites (N-methyl/N-ethyl adjacent to an activating group) is 1. The van der Waals surface area contributed by atoms with Crippen LogP contribution in [-0.2, 0) is 19.2 Å². The van der Waals surface area contributed by atoms with Gasteiger partial charge in [-0.05, 0) is 57.0 Å². The highest BCUT2D eigenvalue weighted by Crippen LogP contribution is 2.32. The fourth-order valence-electron chi connectivity index (χ4n) is 6.45. The quantitative estimate of drug-likeness (QED) is 0.419. The molecule has 7 atom stereocenters. The highest BCUT2D eigenvalue weighted by atomic mass is 16.5. The summed E-state index contributed by atoms with van der Waals surface area (Å²) >= 11 is 0. The molecule has 7 unspecified atom stereocenters. The lowest BCUT2D eigenvalue weighted by atomic mass is 9.94. The van der Waals surface area contributed by atoms with Gasteiger partial charge in [0, 0.05) is 37.3 Å². The Morgan fingerprint density at radius 1 is 1.12 bits per heavy atom. The van der Waals surface area contributed by atoms with Crippen LogP contribution in [0.1, 0.15) is 65.4 Å². The van der Waals surface area contributed by atoms with Gasteiger partial charge in [-0.15, -0.1) is 0 Å². The summed E-state index contributed by atoms with van der Waals surface area (Å²) in [6.07, 6.45) is 5.34. The van der Waals surface area contributed by atoms with Crippen LogP contribution in [0.15, 0.2) is 24.4 Å². The summed E-state index contributed by atoms with van der Waals surface area (Å²) < 4.78 is 6.29. The van der Waals surface area contributed by atoms with Gasteiger partial charge in [-0.2, -0.15) is 0 Å². The lowest BCUT2D eigenvalue weighted by Gasteiger charge is -2.36. The van der Waals surface area contributed by atoms with Crippen molar-refractivity contribution in [3.8, 4) is 11.5 Å². The van der Waals surface area contributed by atoms with Crippen molar-refractivity contribution in [3.63, 3.8) is 0 Å². The Hall–Kier alpha value is -3.60. The van der Waals surface area contributed by atoms with E-state index in [-0.39, 0.29) is 47.8 Å². The van der Waals surface area contributed by atoms with E-state index in [0.717, 1.165) is 6.42 Å². The molecule has 11 heteroatoms. The van der Waals surface area contributed by atoms with Crippen molar-refractivity contribution in [1.29, 1.82) is 0 Å². The third kappa shape index (κ3) is 6.82. The van der Waals surface area contributed by atoms with Crippen LogP contribution in [0, 0.1) is 11.8 Å². The molecule has 2 bridgehead atoms. The molecule has 11 nitrogen and oxygen atoms in total. The number of nitrogens with one attached hydrogen (secondary N) is 2. The van der Waals surface area contributed by atoms with Crippen LogP contribution in [-0.4, -0.2) is 101 Å². The predicted molar refractivity (Wildman–Crippen MR) is 163 cm³/mol. The zero-order valence-corrected chi connectivity index (χ0v) is 26.2. The van der Waals surface area contributed by atoms with Crippen LogP contribution in [0.4, 0.5) is 0 Å². The highest BCUT2D eigenvalue weighted by molar-refractivity contribution is 5.96. The van der Waals surface area contributed by atoms with Crippen LogP contribution in [0.3, 0.4) is 0 Å². The van der Waals surface area contributed by atoms with Gasteiger partial charge >= 0.3 is 0 Å². The monoisotopic (exact) mass is 597 g/mol. The van der Waals surface area contributed by atoms with Gasteiger partial charge < -0.3 is 30.3 Å². The van der Waals surface area contributed by atoms with E-state index in [1.807, 2.05) is 46.7 Å². The van der Waals surface area contributed by atoms with Crippen molar-refractivity contribution in [2.45, 2.75) is 90.1 Å². The van der Waals surface area contributed by atoms with E-state index in [2.05, 4.69) is 10.6 Å². The second-order valence-electron chi connectivity index (χ2n) is 12.3. The minimum atomic E-state index is -0.996. The number of hydrogen-bond acceptors (Lipinski definition) is 7. The van der Waals surface area contributed by atoms with Crippen molar-refractivity contribution in [1.82, 2.24) is 25.3 Å². The number of phenolic OH excluding ortho intramolecular Hbond substituents is 1. The molecule has 4 amide bonds. The standard InChI is InChI=1S/C32H47N5O6/c1-7-19(3)26(34-30(40)27(35(5)6)20(4)8-2)31(41)37-17-14-25-28(37)32(42)36-16-9-10-23(36)29(39)33-15-13-21-11-12-22(43-25)18-24(21)38/h11-13,15,18-20,23,25-28,38H,7-10,14,16-17H2,1-6H3,(H,33,39)(H,34,40). The first-order valence-corrected chi connectivity index (χ1v) is 15.5. The van der Waals surface area contributed by atoms with E-state index in [0.29, 0.717) is 43.5 Å². The molecule has 0 radical (unpaired) electrons. The summed E-state index contributed by atoms with van der Waals surface area (Å²) in [6, 6.07) is 1.89. The minimum Gasteiger partial charge on any atom is -0.507 e. The normalized spacial score (nSPS) is 24.9. The van der Waals surface area contributed by atoms with E-state index in [1.165, 1.54) is 17.2 Å². The molecule has 4 aliphatic heterocycles. The maximum absolute atomic E-state index is 14.4. The highest BCUT2D eigenvalue weighted by Gasteiger charge is 2.50. The van der Waals surface area contributed by atoms with E-state index >= 15 is 0 Å². The fourth-order valence-corrected chi connectivity index (χ4v) is 6.45. The molecule has 2 fully saturated rings. The number of carbonyl (C=O) groups excluding carboxylic acids is 4. The smallest absolute Gasteiger partial charge is 0.249 e. The molecule has 3 N–H and O–H groups in total. The molecule has 43 heavy (non-hydrogen) atoms. The van der Waals surface area contributed by atoms with E-state index in [4.69, 9.17) is 4.74 Å². The molecule has 0 aliphatic carbocycles. The molecular formula is C32H47N5O6. The largest absolute Gasteiger partial charge is 0.507 e. The van der Waals surface area contributed by atoms with Crippen LogP contribution < -0.4 is 15.4 Å². The average Bonchev–Trinajstić information content (AvgIpc) is 3.63. The van der Waals surface area contributed by atoms with Crippen LogP contribution >= 0.6 is 0 Å². The maximum atomic E-state index is 14.4.